The van der Waals surface area contributed by atoms with Crippen molar-refractivity contribution < 1.29 is 4.74 Å². The van der Waals surface area contributed by atoms with Gasteiger partial charge in [-0.25, -0.2) is 0 Å². The minimum absolute atomic E-state index is 0.200. The molecular weight excluding hydrogens is 278 g/mol. The molecule has 1 atom stereocenters. The minimum atomic E-state index is -0.200. The van der Waals surface area contributed by atoms with Gasteiger partial charge in [0.2, 0.25) is 0 Å². The Morgan fingerprint density at radius 3 is 2.41 bits per heavy atom. The standard InChI is InChI=1S/C16H19N5O/c1-10(2)15(17)16-19-18-14-9-8-13(20-21(14)16)11-4-6-12(22-3)7-5-11/h4-10,15H,17H2,1-3H3. The normalized spacial score (nSPS) is 12.8. The summed E-state index contributed by atoms with van der Waals surface area (Å²) in [5, 5.41) is 13.0. The van der Waals surface area contributed by atoms with Crippen molar-refractivity contribution in [1.82, 2.24) is 19.8 Å². The van der Waals surface area contributed by atoms with E-state index in [1.54, 1.807) is 11.6 Å². The van der Waals surface area contributed by atoms with E-state index in [0.29, 0.717) is 11.5 Å². The number of benzene rings is 1. The van der Waals surface area contributed by atoms with Crippen LogP contribution in [-0.4, -0.2) is 26.9 Å². The molecule has 0 spiro atoms. The second-order valence-electron chi connectivity index (χ2n) is 5.55. The van der Waals surface area contributed by atoms with E-state index >= 15 is 0 Å². The number of rotatable bonds is 4. The Kier molecular flexibility index (Phi) is 3.77. The molecule has 0 bridgehead atoms. The van der Waals surface area contributed by atoms with E-state index in [9.17, 15) is 0 Å². The van der Waals surface area contributed by atoms with Gasteiger partial charge in [0.25, 0.3) is 0 Å². The Hall–Kier alpha value is -2.47. The molecule has 114 valence electrons. The van der Waals surface area contributed by atoms with Crippen LogP contribution in [0.1, 0.15) is 25.7 Å². The predicted octanol–water partition coefficient (Wildman–Crippen LogP) is 2.46. The molecule has 2 heterocycles. The first-order chi connectivity index (χ1) is 10.6. The van der Waals surface area contributed by atoms with E-state index in [4.69, 9.17) is 10.5 Å². The minimum Gasteiger partial charge on any atom is -0.497 e. The lowest BCUT2D eigenvalue weighted by atomic mass is 10.1. The van der Waals surface area contributed by atoms with E-state index in [1.165, 1.54) is 0 Å². The van der Waals surface area contributed by atoms with Gasteiger partial charge in [-0.2, -0.15) is 9.61 Å². The molecule has 2 aromatic heterocycles. The van der Waals surface area contributed by atoms with Crippen LogP contribution in [0, 0.1) is 5.92 Å². The molecular formula is C16H19N5O. The van der Waals surface area contributed by atoms with Crippen molar-refractivity contribution in [2.75, 3.05) is 7.11 Å². The van der Waals surface area contributed by atoms with Crippen molar-refractivity contribution in [3.05, 3.63) is 42.2 Å². The van der Waals surface area contributed by atoms with Crippen molar-refractivity contribution in [1.29, 1.82) is 0 Å². The van der Waals surface area contributed by atoms with Crippen molar-refractivity contribution in [3.63, 3.8) is 0 Å². The third-order valence-corrected chi connectivity index (χ3v) is 3.69. The molecule has 0 aliphatic rings. The summed E-state index contributed by atoms with van der Waals surface area (Å²) >= 11 is 0. The zero-order valence-electron chi connectivity index (χ0n) is 12.9. The lowest BCUT2D eigenvalue weighted by molar-refractivity contribution is 0.415. The monoisotopic (exact) mass is 297 g/mol. The van der Waals surface area contributed by atoms with Crippen molar-refractivity contribution in [2.24, 2.45) is 11.7 Å². The molecule has 0 aliphatic heterocycles. The summed E-state index contributed by atoms with van der Waals surface area (Å²) in [4.78, 5) is 0. The Labute approximate surface area is 128 Å². The van der Waals surface area contributed by atoms with Gasteiger partial charge < -0.3 is 10.5 Å². The molecule has 1 unspecified atom stereocenters. The van der Waals surface area contributed by atoms with Crippen LogP contribution in [0.3, 0.4) is 0 Å². The van der Waals surface area contributed by atoms with Gasteiger partial charge in [0, 0.05) is 5.56 Å². The maximum absolute atomic E-state index is 6.20. The fraction of sp³-hybridized carbons (Fsp3) is 0.312. The molecule has 0 radical (unpaired) electrons. The number of hydrogen-bond acceptors (Lipinski definition) is 5. The van der Waals surface area contributed by atoms with E-state index < -0.39 is 0 Å². The second kappa shape index (κ2) is 5.73. The fourth-order valence-corrected chi connectivity index (χ4v) is 2.23. The first-order valence-corrected chi connectivity index (χ1v) is 7.22. The summed E-state index contributed by atoms with van der Waals surface area (Å²) in [7, 11) is 1.65. The number of nitrogens with two attached hydrogens (primary N) is 1. The van der Waals surface area contributed by atoms with Gasteiger partial charge in [-0.3, -0.25) is 0 Å². The summed E-state index contributed by atoms with van der Waals surface area (Å²) in [5.41, 5.74) is 8.73. The van der Waals surface area contributed by atoms with Crippen LogP contribution >= 0.6 is 0 Å². The lowest BCUT2D eigenvalue weighted by Gasteiger charge is -2.13. The largest absolute Gasteiger partial charge is 0.497 e. The molecule has 0 saturated carbocycles. The molecule has 0 fully saturated rings. The zero-order valence-corrected chi connectivity index (χ0v) is 12.9. The smallest absolute Gasteiger partial charge is 0.178 e. The molecule has 0 aliphatic carbocycles. The molecule has 0 amide bonds. The number of fused-ring (bicyclic) bond motifs is 1. The SMILES string of the molecule is COc1ccc(-c2ccc3nnc(C(N)C(C)C)n3n2)cc1. The van der Waals surface area contributed by atoms with Crippen LogP contribution in [0.2, 0.25) is 0 Å². The maximum Gasteiger partial charge on any atom is 0.178 e. The molecule has 22 heavy (non-hydrogen) atoms. The van der Waals surface area contributed by atoms with Gasteiger partial charge >= 0.3 is 0 Å². The molecule has 6 nitrogen and oxygen atoms in total. The molecule has 1 aromatic carbocycles. The van der Waals surface area contributed by atoms with E-state index in [-0.39, 0.29) is 12.0 Å². The average molecular weight is 297 g/mol. The lowest BCUT2D eigenvalue weighted by Crippen LogP contribution is -2.20. The van der Waals surface area contributed by atoms with E-state index in [1.807, 2.05) is 36.4 Å². The summed E-state index contributed by atoms with van der Waals surface area (Å²) in [6.07, 6.45) is 0. The van der Waals surface area contributed by atoms with Gasteiger partial charge in [-0.05, 0) is 42.3 Å². The predicted molar refractivity (Wildman–Crippen MR) is 84.5 cm³/mol. The molecule has 3 aromatic rings. The third-order valence-electron chi connectivity index (χ3n) is 3.69. The molecule has 2 N–H and O–H groups in total. The molecule has 0 saturated heterocycles. The Morgan fingerprint density at radius 2 is 1.77 bits per heavy atom. The van der Waals surface area contributed by atoms with Gasteiger partial charge in [0.05, 0.1) is 18.8 Å². The van der Waals surface area contributed by atoms with E-state index in [2.05, 4.69) is 29.1 Å². The fourth-order valence-electron chi connectivity index (χ4n) is 2.23. The first kappa shape index (κ1) is 14.5. The molecule has 6 heteroatoms. The highest BCUT2D eigenvalue weighted by Crippen LogP contribution is 2.22. The Bertz CT molecular complexity index is 779. The maximum atomic E-state index is 6.20. The highest BCUT2D eigenvalue weighted by Gasteiger charge is 2.18. The summed E-state index contributed by atoms with van der Waals surface area (Å²) in [6, 6.07) is 11.4. The van der Waals surface area contributed by atoms with Crippen LogP contribution in [0.5, 0.6) is 5.75 Å². The van der Waals surface area contributed by atoms with Crippen LogP contribution in [0.4, 0.5) is 0 Å². The second-order valence-corrected chi connectivity index (χ2v) is 5.55. The quantitative estimate of drug-likeness (QED) is 0.800. The number of ether oxygens (including phenoxy) is 1. The average Bonchev–Trinajstić information content (AvgIpc) is 2.97. The highest BCUT2D eigenvalue weighted by atomic mass is 16.5. The Morgan fingerprint density at radius 1 is 1.05 bits per heavy atom. The summed E-state index contributed by atoms with van der Waals surface area (Å²) in [6.45, 7) is 4.11. The molecule has 3 rings (SSSR count). The number of methoxy groups -OCH3 is 1. The first-order valence-electron chi connectivity index (χ1n) is 7.22. The van der Waals surface area contributed by atoms with Crippen LogP contribution in [-0.2, 0) is 0 Å². The zero-order chi connectivity index (χ0) is 15.7. The van der Waals surface area contributed by atoms with Gasteiger partial charge in [0.15, 0.2) is 11.5 Å². The van der Waals surface area contributed by atoms with Crippen molar-refractivity contribution in [2.45, 2.75) is 19.9 Å². The number of nitrogens with zero attached hydrogens (tertiary/aromatic N) is 4. The number of hydrogen-bond donors (Lipinski definition) is 1. The van der Waals surface area contributed by atoms with Crippen molar-refractivity contribution >= 4 is 5.65 Å². The highest BCUT2D eigenvalue weighted by molar-refractivity contribution is 5.61. The van der Waals surface area contributed by atoms with Crippen LogP contribution in [0.15, 0.2) is 36.4 Å². The van der Waals surface area contributed by atoms with E-state index in [0.717, 1.165) is 17.0 Å². The summed E-state index contributed by atoms with van der Waals surface area (Å²) in [5.74, 6) is 1.76. The Balaban J connectivity index is 2.05. The van der Waals surface area contributed by atoms with Crippen LogP contribution < -0.4 is 10.5 Å². The van der Waals surface area contributed by atoms with Gasteiger partial charge in [-0.1, -0.05) is 13.8 Å². The third kappa shape index (κ3) is 2.53. The topological polar surface area (TPSA) is 78.3 Å². The number of aromatic nitrogens is 4. The van der Waals surface area contributed by atoms with Crippen LogP contribution in [0.25, 0.3) is 16.9 Å². The van der Waals surface area contributed by atoms with Gasteiger partial charge in [-0.15, -0.1) is 10.2 Å². The van der Waals surface area contributed by atoms with Crippen molar-refractivity contribution in [3.8, 4) is 17.0 Å². The summed E-state index contributed by atoms with van der Waals surface area (Å²) < 4.78 is 6.90. The van der Waals surface area contributed by atoms with Gasteiger partial charge in [0.1, 0.15) is 5.75 Å².